The molecule has 2 aliphatic heterocycles. The summed E-state index contributed by atoms with van der Waals surface area (Å²) in [5.74, 6) is -0.173. The van der Waals surface area contributed by atoms with Crippen molar-refractivity contribution in [3.63, 3.8) is 0 Å². The van der Waals surface area contributed by atoms with E-state index in [1.165, 1.54) is 0 Å². The third-order valence-corrected chi connectivity index (χ3v) is 5.22. The van der Waals surface area contributed by atoms with Gasteiger partial charge in [-0.05, 0) is 39.7 Å². The van der Waals surface area contributed by atoms with Crippen LogP contribution in [-0.4, -0.2) is 64.7 Å². The van der Waals surface area contributed by atoms with Crippen LogP contribution in [0.2, 0.25) is 0 Å². The summed E-state index contributed by atoms with van der Waals surface area (Å²) < 4.78 is 16.0. The minimum absolute atomic E-state index is 0.0871. The van der Waals surface area contributed by atoms with E-state index < -0.39 is 6.17 Å². The molecule has 7 heteroatoms. The van der Waals surface area contributed by atoms with E-state index in [0.29, 0.717) is 12.1 Å². The lowest BCUT2D eigenvalue weighted by atomic mass is 10.1. The van der Waals surface area contributed by atoms with Crippen molar-refractivity contribution < 1.29 is 14.0 Å². The van der Waals surface area contributed by atoms with Gasteiger partial charge in [0.2, 0.25) is 0 Å². The lowest BCUT2D eigenvalue weighted by Crippen LogP contribution is -2.46. The molecule has 3 amide bonds. The molecule has 0 aromatic carbocycles. The number of aromatic nitrogens is 1. The number of nitrogens with zero attached hydrogens (tertiary/aromatic N) is 3. The summed E-state index contributed by atoms with van der Waals surface area (Å²) in [6.07, 6.45) is 4.97. The predicted octanol–water partition coefficient (Wildman–Crippen LogP) is 2.60. The molecule has 0 aliphatic carbocycles. The smallest absolute Gasteiger partial charge is 0.317 e. The molecule has 2 atom stereocenters. The molecule has 144 valence electrons. The van der Waals surface area contributed by atoms with Crippen molar-refractivity contribution in [2.45, 2.75) is 57.8 Å². The van der Waals surface area contributed by atoms with Crippen LogP contribution >= 0.6 is 0 Å². The molecule has 26 heavy (non-hydrogen) atoms. The Balaban J connectivity index is 1.64. The molecule has 3 rings (SSSR count). The fourth-order valence-corrected chi connectivity index (χ4v) is 3.65. The van der Waals surface area contributed by atoms with Gasteiger partial charge >= 0.3 is 6.03 Å². The molecule has 0 radical (unpaired) electrons. The number of halogens is 1. The van der Waals surface area contributed by atoms with Crippen molar-refractivity contribution in [2.75, 3.05) is 26.2 Å². The molecule has 2 saturated heterocycles. The quantitative estimate of drug-likeness (QED) is 0.896. The van der Waals surface area contributed by atoms with Gasteiger partial charge in [-0.2, -0.15) is 0 Å². The maximum Gasteiger partial charge on any atom is 0.317 e. The van der Waals surface area contributed by atoms with Crippen LogP contribution in [0.25, 0.3) is 0 Å². The largest absolute Gasteiger partial charge is 0.348 e. The Morgan fingerprint density at radius 2 is 1.96 bits per heavy atom. The number of hydrogen-bond donors (Lipinski definition) is 1. The van der Waals surface area contributed by atoms with Crippen LogP contribution in [0.15, 0.2) is 18.5 Å². The molecule has 2 aliphatic rings. The van der Waals surface area contributed by atoms with E-state index in [4.69, 9.17) is 0 Å². The summed E-state index contributed by atoms with van der Waals surface area (Å²) in [5.41, 5.74) is 0.444. The van der Waals surface area contributed by atoms with Gasteiger partial charge in [-0.3, -0.25) is 4.79 Å². The van der Waals surface area contributed by atoms with E-state index in [1.807, 2.05) is 17.0 Å². The SMILES string of the molecule is CC(C)(C)n1ccc(C(=O)N2C[C@@H](F)C[C@H]2CNC(=O)N2CCCC2)c1. The van der Waals surface area contributed by atoms with Gasteiger partial charge in [0.1, 0.15) is 6.17 Å². The Morgan fingerprint density at radius 3 is 2.58 bits per heavy atom. The Labute approximate surface area is 154 Å². The summed E-state index contributed by atoms with van der Waals surface area (Å²) in [6.45, 7) is 8.10. The molecule has 1 N–H and O–H groups in total. The number of carbonyl (C=O) groups excluding carboxylic acids is 2. The average molecular weight is 364 g/mol. The molecule has 0 spiro atoms. The predicted molar refractivity (Wildman–Crippen MR) is 98.0 cm³/mol. The van der Waals surface area contributed by atoms with Crippen molar-refractivity contribution in [3.05, 3.63) is 24.0 Å². The third kappa shape index (κ3) is 4.02. The van der Waals surface area contributed by atoms with Crippen LogP contribution in [0.5, 0.6) is 0 Å². The number of hydrogen-bond acceptors (Lipinski definition) is 2. The van der Waals surface area contributed by atoms with E-state index in [0.717, 1.165) is 25.9 Å². The second-order valence-electron chi connectivity index (χ2n) is 8.30. The third-order valence-electron chi connectivity index (χ3n) is 5.22. The van der Waals surface area contributed by atoms with E-state index in [2.05, 4.69) is 26.1 Å². The molecule has 6 nitrogen and oxygen atoms in total. The molecule has 3 heterocycles. The number of carbonyl (C=O) groups is 2. The molecule has 1 aromatic rings. The zero-order chi connectivity index (χ0) is 18.9. The zero-order valence-corrected chi connectivity index (χ0v) is 15.9. The minimum atomic E-state index is -1.04. The van der Waals surface area contributed by atoms with Crippen LogP contribution in [0.1, 0.15) is 50.4 Å². The first-order valence-corrected chi connectivity index (χ1v) is 9.42. The summed E-state index contributed by atoms with van der Waals surface area (Å²) in [6, 6.07) is 1.36. The van der Waals surface area contributed by atoms with Gasteiger partial charge in [0.25, 0.3) is 5.91 Å². The number of nitrogens with one attached hydrogen (secondary N) is 1. The summed E-state index contributed by atoms with van der Waals surface area (Å²) >= 11 is 0. The zero-order valence-electron chi connectivity index (χ0n) is 15.9. The highest BCUT2D eigenvalue weighted by molar-refractivity contribution is 5.94. The van der Waals surface area contributed by atoms with E-state index in [9.17, 15) is 14.0 Å². The maximum absolute atomic E-state index is 14.0. The second-order valence-corrected chi connectivity index (χ2v) is 8.30. The standard InChI is InChI=1S/C19H29FN4O2/c1-19(2,3)23-9-6-14(12-23)17(25)24-13-15(20)10-16(24)11-21-18(26)22-7-4-5-8-22/h6,9,12,15-16H,4-5,7-8,10-11,13H2,1-3H3,(H,21,26)/t15-,16-/m0/s1. The van der Waals surface area contributed by atoms with Crippen LogP contribution in [0.3, 0.4) is 0 Å². The Morgan fingerprint density at radius 1 is 1.27 bits per heavy atom. The van der Waals surface area contributed by atoms with Gasteiger partial charge in [0.15, 0.2) is 0 Å². The van der Waals surface area contributed by atoms with Crippen LogP contribution < -0.4 is 5.32 Å². The van der Waals surface area contributed by atoms with Gasteiger partial charge in [0, 0.05) is 44.0 Å². The maximum atomic E-state index is 14.0. The molecule has 2 fully saturated rings. The molecular weight excluding hydrogens is 335 g/mol. The van der Waals surface area contributed by atoms with Crippen LogP contribution in [-0.2, 0) is 5.54 Å². The Bertz CT molecular complexity index is 661. The van der Waals surface area contributed by atoms with Crippen LogP contribution in [0, 0.1) is 0 Å². The Hall–Kier alpha value is -2.05. The molecule has 0 unspecified atom stereocenters. The van der Waals surface area contributed by atoms with Gasteiger partial charge in [-0.15, -0.1) is 0 Å². The molecule has 0 saturated carbocycles. The second kappa shape index (κ2) is 7.29. The summed E-state index contributed by atoms with van der Waals surface area (Å²) in [4.78, 5) is 28.4. The monoisotopic (exact) mass is 364 g/mol. The number of urea groups is 1. The lowest BCUT2D eigenvalue weighted by Gasteiger charge is -2.26. The fourth-order valence-electron chi connectivity index (χ4n) is 3.65. The molecule has 0 bridgehead atoms. The average Bonchev–Trinajstić information content (AvgIpc) is 3.30. The lowest BCUT2D eigenvalue weighted by molar-refractivity contribution is 0.0728. The van der Waals surface area contributed by atoms with Crippen molar-refractivity contribution in [2.24, 2.45) is 0 Å². The van der Waals surface area contributed by atoms with Gasteiger partial charge < -0.3 is 19.7 Å². The van der Waals surface area contributed by atoms with E-state index in [1.54, 1.807) is 15.9 Å². The highest BCUT2D eigenvalue weighted by atomic mass is 19.1. The van der Waals surface area contributed by atoms with Crippen LogP contribution in [0.4, 0.5) is 9.18 Å². The van der Waals surface area contributed by atoms with Gasteiger partial charge in [-0.1, -0.05) is 0 Å². The van der Waals surface area contributed by atoms with Crippen molar-refractivity contribution in [1.82, 2.24) is 19.7 Å². The fraction of sp³-hybridized carbons (Fsp3) is 0.684. The highest BCUT2D eigenvalue weighted by Crippen LogP contribution is 2.24. The molecular formula is C19H29FN4O2. The molecule has 1 aromatic heterocycles. The Kier molecular flexibility index (Phi) is 5.25. The minimum Gasteiger partial charge on any atom is -0.348 e. The van der Waals surface area contributed by atoms with Gasteiger partial charge in [0.05, 0.1) is 18.2 Å². The summed E-state index contributed by atoms with van der Waals surface area (Å²) in [5, 5.41) is 2.87. The first kappa shape index (κ1) is 18.7. The number of rotatable bonds is 3. The van der Waals surface area contributed by atoms with Crippen molar-refractivity contribution >= 4 is 11.9 Å². The van der Waals surface area contributed by atoms with Gasteiger partial charge in [-0.25, -0.2) is 9.18 Å². The first-order chi connectivity index (χ1) is 12.3. The van der Waals surface area contributed by atoms with E-state index in [-0.39, 0.29) is 36.5 Å². The number of amides is 3. The highest BCUT2D eigenvalue weighted by Gasteiger charge is 2.36. The van der Waals surface area contributed by atoms with E-state index >= 15 is 0 Å². The summed E-state index contributed by atoms with van der Waals surface area (Å²) in [7, 11) is 0. The first-order valence-electron chi connectivity index (χ1n) is 9.42. The topological polar surface area (TPSA) is 57.6 Å². The number of likely N-dealkylation sites (tertiary alicyclic amines) is 2. The normalized spacial score (nSPS) is 23.5. The van der Waals surface area contributed by atoms with Crippen molar-refractivity contribution in [3.8, 4) is 0 Å². The number of alkyl halides is 1. The van der Waals surface area contributed by atoms with Crippen molar-refractivity contribution in [1.29, 1.82) is 0 Å².